The highest BCUT2D eigenvalue weighted by Gasteiger charge is 2.07. The quantitative estimate of drug-likeness (QED) is 0.790. The molecule has 0 aromatic carbocycles. The molecule has 0 saturated heterocycles. The van der Waals surface area contributed by atoms with Crippen molar-refractivity contribution in [3.05, 3.63) is 20.8 Å². The summed E-state index contributed by atoms with van der Waals surface area (Å²) >= 11 is 5.14. The van der Waals surface area contributed by atoms with E-state index in [-0.39, 0.29) is 6.10 Å². The minimum absolute atomic E-state index is 0.188. The SMILES string of the molecule is CC(C)C(O)CCNCc1csc(Br)c1. The zero-order valence-corrected chi connectivity index (χ0v) is 11.6. The average Bonchev–Trinajstić information content (AvgIpc) is 2.58. The Hall–Kier alpha value is 0.100. The molecule has 2 N–H and O–H groups in total. The van der Waals surface area contributed by atoms with E-state index in [4.69, 9.17) is 0 Å². The molecule has 0 bridgehead atoms. The van der Waals surface area contributed by atoms with Crippen LogP contribution in [0.1, 0.15) is 25.8 Å². The second-order valence-electron chi connectivity index (χ2n) is 4.04. The van der Waals surface area contributed by atoms with Gasteiger partial charge in [-0.15, -0.1) is 11.3 Å². The van der Waals surface area contributed by atoms with E-state index < -0.39 is 0 Å². The Kier molecular flexibility index (Phi) is 5.82. The highest BCUT2D eigenvalue weighted by Crippen LogP contribution is 2.20. The van der Waals surface area contributed by atoms with Gasteiger partial charge in [-0.3, -0.25) is 0 Å². The van der Waals surface area contributed by atoms with Gasteiger partial charge in [-0.2, -0.15) is 0 Å². The standard InChI is InChI=1S/C11H18BrNOS/c1-8(2)10(14)3-4-13-6-9-5-11(12)15-7-9/h5,7-8,10,13-14H,3-4,6H2,1-2H3. The molecule has 86 valence electrons. The second kappa shape index (κ2) is 6.63. The molecule has 0 aliphatic rings. The zero-order valence-electron chi connectivity index (χ0n) is 9.16. The Labute approximate surface area is 104 Å². The van der Waals surface area contributed by atoms with Crippen LogP contribution in [0, 0.1) is 5.92 Å². The van der Waals surface area contributed by atoms with Crippen LogP contribution in [-0.2, 0) is 6.54 Å². The maximum absolute atomic E-state index is 9.58. The molecule has 1 unspecified atom stereocenters. The summed E-state index contributed by atoms with van der Waals surface area (Å²) in [5, 5.41) is 15.0. The summed E-state index contributed by atoms with van der Waals surface area (Å²) in [5.41, 5.74) is 1.30. The Morgan fingerprint density at radius 3 is 2.80 bits per heavy atom. The molecule has 1 atom stereocenters. The van der Waals surface area contributed by atoms with Gasteiger partial charge in [0.05, 0.1) is 9.89 Å². The van der Waals surface area contributed by atoms with E-state index in [1.807, 2.05) is 13.8 Å². The zero-order chi connectivity index (χ0) is 11.3. The predicted molar refractivity (Wildman–Crippen MR) is 69.2 cm³/mol. The van der Waals surface area contributed by atoms with Crippen molar-refractivity contribution in [2.75, 3.05) is 6.54 Å². The molecule has 15 heavy (non-hydrogen) atoms. The van der Waals surface area contributed by atoms with Crippen molar-refractivity contribution in [1.29, 1.82) is 0 Å². The molecule has 0 spiro atoms. The van der Waals surface area contributed by atoms with Gasteiger partial charge in [0.25, 0.3) is 0 Å². The molecular weight excluding hydrogens is 274 g/mol. The van der Waals surface area contributed by atoms with Crippen molar-refractivity contribution in [3.8, 4) is 0 Å². The molecule has 0 saturated carbocycles. The lowest BCUT2D eigenvalue weighted by molar-refractivity contribution is 0.116. The van der Waals surface area contributed by atoms with Crippen LogP contribution in [0.5, 0.6) is 0 Å². The van der Waals surface area contributed by atoms with Crippen molar-refractivity contribution in [2.45, 2.75) is 32.9 Å². The highest BCUT2D eigenvalue weighted by molar-refractivity contribution is 9.11. The third kappa shape index (κ3) is 5.11. The van der Waals surface area contributed by atoms with Crippen molar-refractivity contribution in [1.82, 2.24) is 5.32 Å². The lowest BCUT2D eigenvalue weighted by Gasteiger charge is -2.14. The van der Waals surface area contributed by atoms with Crippen LogP contribution < -0.4 is 5.32 Å². The summed E-state index contributed by atoms with van der Waals surface area (Å²) in [5.74, 6) is 0.349. The predicted octanol–water partition coefficient (Wildman–Crippen LogP) is 3.01. The van der Waals surface area contributed by atoms with E-state index in [1.165, 1.54) is 9.35 Å². The van der Waals surface area contributed by atoms with Crippen molar-refractivity contribution in [3.63, 3.8) is 0 Å². The van der Waals surface area contributed by atoms with E-state index in [0.29, 0.717) is 5.92 Å². The van der Waals surface area contributed by atoms with E-state index in [2.05, 4.69) is 32.7 Å². The molecule has 0 fully saturated rings. The maximum atomic E-state index is 9.58. The Morgan fingerprint density at radius 1 is 1.53 bits per heavy atom. The van der Waals surface area contributed by atoms with Gasteiger partial charge in [0, 0.05) is 6.54 Å². The first-order chi connectivity index (χ1) is 7.09. The minimum Gasteiger partial charge on any atom is -0.393 e. The average molecular weight is 292 g/mol. The number of aliphatic hydroxyl groups excluding tert-OH is 1. The third-order valence-corrected chi connectivity index (χ3v) is 3.89. The minimum atomic E-state index is -0.188. The fourth-order valence-corrected chi connectivity index (χ4v) is 2.46. The first kappa shape index (κ1) is 13.2. The summed E-state index contributed by atoms with van der Waals surface area (Å²) in [7, 11) is 0. The summed E-state index contributed by atoms with van der Waals surface area (Å²) in [6.45, 7) is 5.83. The van der Waals surface area contributed by atoms with Gasteiger partial charge >= 0.3 is 0 Å². The van der Waals surface area contributed by atoms with E-state index in [1.54, 1.807) is 11.3 Å². The Morgan fingerprint density at radius 2 is 2.27 bits per heavy atom. The first-order valence-electron chi connectivity index (χ1n) is 5.21. The number of hydrogen-bond acceptors (Lipinski definition) is 3. The number of thiophene rings is 1. The largest absolute Gasteiger partial charge is 0.393 e. The fraction of sp³-hybridized carbons (Fsp3) is 0.636. The smallest absolute Gasteiger partial charge is 0.0701 e. The van der Waals surface area contributed by atoms with Crippen LogP contribution in [0.25, 0.3) is 0 Å². The normalized spacial score (nSPS) is 13.4. The molecule has 1 rings (SSSR count). The highest BCUT2D eigenvalue weighted by atomic mass is 79.9. The van der Waals surface area contributed by atoms with Crippen molar-refractivity contribution >= 4 is 27.3 Å². The van der Waals surface area contributed by atoms with E-state index >= 15 is 0 Å². The molecule has 0 aliphatic heterocycles. The van der Waals surface area contributed by atoms with Crippen LogP contribution >= 0.6 is 27.3 Å². The Bertz CT molecular complexity index is 288. The van der Waals surface area contributed by atoms with Gasteiger partial charge in [-0.05, 0) is 51.8 Å². The van der Waals surface area contributed by atoms with E-state index in [9.17, 15) is 5.11 Å². The number of aliphatic hydroxyl groups is 1. The molecule has 1 aromatic heterocycles. The monoisotopic (exact) mass is 291 g/mol. The molecule has 1 heterocycles. The fourth-order valence-electron chi connectivity index (χ4n) is 1.25. The molecular formula is C11H18BrNOS. The summed E-state index contributed by atoms with van der Waals surface area (Å²) < 4.78 is 1.17. The van der Waals surface area contributed by atoms with Crippen LogP contribution in [0.2, 0.25) is 0 Å². The number of halogens is 1. The maximum Gasteiger partial charge on any atom is 0.0701 e. The lowest BCUT2D eigenvalue weighted by atomic mass is 10.0. The summed E-state index contributed by atoms with van der Waals surface area (Å²) in [4.78, 5) is 0. The third-order valence-electron chi connectivity index (χ3n) is 2.34. The van der Waals surface area contributed by atoms with Crippen molar-refractivity contribution < 1.29 is 5.11 Å². The van der Waals surface area contributed by atoms with Gasteiger partial charge in [-0.25, -0.2) is 0 Å². The van der Waals surface area contributed by atoms with Crippen LogP contribution in [0.4, 0.5) is 0 Å². The van der Waals surface area contributed by atoms with Crippen LogP contribution in [0.3, 0.4) is 0 Å². The number of hydrogen-bond donors (Lipinski definition) is 2. The van der Waals surface area contributed by atoms with Gasteiger partial charge in [-0.1, -0.05) is 13.8 Å². The lowest BCUT2D eigenvalue weighted by Crippen LogP contribution is -2.23. The number of rotatable bonds is 6. The van der Waals surface area contributed by atoms with Gasteiger partial charge in [0.2, 0.25) is 0 Å². The molecule has 0 aliphatic carbocycles. The van der Waals surface area contributed by atoms with E-state index in [0.717, 1.165) is 19.5 Å². The molecule has 4 heteroatoms. The van der Waals surface area contributed by atoms with Crippen LogP contribution in [0.15, 0.2) is 15.2 Å². The molecule has 0 amide bonds. The van der Waals surface area contributed by atoms with Crippen LogP contribution in [-0.4, -0.2) is 17.8 Å². The van der Waals surface area contributed by atoms with Crippen molar-refractivity contribution in [2.24, 2.45) is 5.92 Å². The van der Waals surface area contributed by atoms with Gasteiger partial charge in [0.1, 0.15) is 0 Å². The molecule has 0 radical (unpaired) electrons. The first-order valence-corrected chi connectivity index (χ1v) is 6.88. The molecule has 1 aromatic rings. The Balaban J connectivity index is 2.12. The molecule has 2 nitrogen and oxygen atoms in total. The number of nitrogens with one attached hydrogen (secondary N) is 1. The summed E-state index contributed by atoms with van der Waals surface area (Å²) in [6, 6.07) is 2.12. The van der Waals surface area contributed by atoms with Gasteiger partial charge in [0.15, 0.2) is 0 Å². The van der Waals surface area contributed by atoms with Gasteiger partial charge < -0.3 is 10.4 Å². The second-order valence-corrected chi connectivity index (χ2v) is 6.33. The topological polar surface area (TPSA) is 32.3 Å². The summed E-state index contributed by atoms with van der Waals surface area (Å²) in [6.07, 6.45) is 0.634.